The van der Waals surface area contributed by atoms with Gasteiger partial charge in [-0.3, -0.25) is 4.79 Å². The molecule has 1 fully saturated rings. The van der Waals surface area contributed by atoms with Crippen molar-refractivity contribution in [2.75, 3.05) is 25.2 Å². The molecule has 1 saturated heterocycles. The molecule has 0 spiro atoms. The number of benzene rings is 1. The van der Waals surface area contributed by atoms with Gasteiger partial charge in [-0.1, -0.05) is 12.1 Å². The molecule has 19 heavy (non-hydrogen) atoms. The third-order valence-corrected chi connectivity index (χ3v) is 4.26. The molecule has 3 rings (SSSR count). The zero-order valence-corrected chi connectivity index (χ0v) is 10.7. The maximum atomic E-state index is 14.1. The van der Waals surface area contributed by atoms with Crippen LogP contribution in [0.25, 0.3) is 0 Å². The summed E-state index contributed by atoms with van der Waals surface area (Å²) in [4.78, 5) is 13.5. The molecule has 0 saturated carbocycles. The van der Waals surface area contributed by atoms with Gasteiger partial charge in [-0.25, -0.2) is 4.39 Å². The number of ether oxygens (including phenoxy) is 1. The Morgan fingerprint density at radius 1 is 1.53 bits per heavy atom. The molecule has 1 N–H and O–H groups in total. The largest absolute Gasteiger partial charge is 0.481 e. The summed E-state index contributed by atoms with van der Waals surface area (Å²) in [5, 5.41) is 9.50. The Labute approximate surface area is 110 Å². The Kier molecular flexibility index (Phi) is 2.93. The summed E-state index contributed by atoms with van der Waals surface area (Å²) in [6, 6.07) is 4.69. The number of hydrogen-bond donors (Lipinski definition) is 1. The maximum absolute atomic E-state index is 14.1. The van der Waals surface area contributed by atoms with Gasteiger partial charge in [-0.2, -0.15) is 0 Å². The lowest BCUT2D eigenvalue weighted by Gasteiger charge is -2.46. The van der Waals surface area contributed by atoms with Crippen LogP contribution in [0, 0.1) is 11.7 Å². The first-order chi connectivity index (χ1) is 9.11. The molecule has 2 aliphatic heterocycles. The fourth-order valence-corrected chi connectivity index (χ4v) is 3.42. The van der Waals surface area contributed by atoms with E-state index in [1.807, 2.05) is 11.9 Å². The zero-order chi connectivity index (χ0) is 13.6. The number of hydrogen-bond acceptors (Lipinski definition) is 3. The van der Waals surface area contributed by atoms with Crippen LogP contribution in [0.1, 0.15) is 17.9 Å². The number of carboxylic acids is 1. The second kappa shape index (κ2) is 4.49. The van der Waals surface area contributed by atoms with Gasteiger partial charge in [0.15, 0.2) is 0 Å². The highest BCUT2D eigenvalue weighted by molar-refractivity contribution is 5.81. The van der Waals surface area contributed by atoms with Gasteiger partial charge in [-0.15, -0.1) is 0 Å². The van der Waals surface area contributed by atoms with Crippen LogP contribution in [0.4, 0.5) is 10.1 Å². The fraction of sp³-hybridized carbons (Fsp3) is 0.500. The van der Waals surface area contributed by atoms with E-state index in [1.165, 1.54) is 6.07 Å². The Hall–Kier alpha value is -1.62. The van der Waals surface area contributed by atoms with Gasteiger partial charge in [0, 0.05) is 25.6 Å². The molecule has 102 valence electrons. The molecule has 0 amide bonds. The van der Waals surface area contributed by atoms with E-state index >= 15 is 0 Å². The highest BCUT2D eigenvalue weighted by Crippen LogP contribution is 2.45. The van der Waals surface area contributed by atoms with Crippen LogP contribution in [-0.2, 0) is 9.53 Å². The van der Waals surface area contributed by atoms with Crippen molar-refractivity contribution in [2.45, 2.75) is 18.4 Å². The number of rotatable bonds is 1. The molecule has 2 aliphatic rings. The average molecular weight is 265 g/mol. The molecule has 0 aromatic heterocycles. The molecule has 3 unspecified atom stereocenters. The van der Waals surface area contributed by atoms with Crippen LogP contribution in [0.2, 0.25) is 0 Å². The summed E-state index contributed by atoms with van der Waals surface area (Å²) in [7, 11) is 1.84. The molecule has 1 aromatic carbocycles. The lowest BCUT2D eigenvalue weighted by atomic mass is 9.75. The predicted octanol–water partition coefficient (Wildman–Crippen LogP) is 1.85. The molecule has 5 heteroatoms. The zero-order valence-electron chi connectivity index (χ0n) is 10.7. The van der Waals surface area contributed by atoms with Gasteiger partial charge in [0.2, 0.25) is 0 Å². The highest BCUT2D eigenvalue weighted by Gasteiger charge is 2.45. The van der Waals surface area contributed by atoms with Crippen LogP contribution >= 0.6 is 0 Å². The number of fused-ring (bicyclic) bond motifs is 2. The van der Waals surface area contributed by atoms with E-state index in [2.05, 4.69) is 0 Å². The first-order valence-electron chi connectivity index (χ1n) is 6.43. The van der Waals surface area contributed by atoms with Crippen molar-refractivity contribution in [2.24, 2.45) is 5.92 Å². The third-order valence-electron chi connectivity index (χ3n) is 4.26. The number of nitrogens with zero attached hydrogens (tertiary/aromatic N) is 1. The van der Waals surface area contributed by atoms with Crippen LogP contribution in [-0.4, -0.2) is 37.4 Å². The second-order valence-corrected chi connectivity index (χ2v) is 5.20. The van der Waals surface area contributed by atoms with Crippen molar-refractivity contribution in [1.82, 2.24) is 0 Å². The number of carbonyl (C=O) groups is 1. The lowest BCUT2D eigenvalue weighted by Crippen LogP contribution is -2.51. The minimum Gasteiger partial charge on any atom is -0.481 e. The molecule has 3 atom stereocenters. The topological polar surface area (TPSA) is 49.8 Å². The second-order valence-electron chi connectivity index (χ2n) is 5.20. The first kappa shape index (κ1) is 12.4. The number of anilines is 1. The van der Waals surface area contributed by atoms with Crippen LogP contribution < -0.4 is 4.90 Å². The quantitative estimate of drug-likeness (QED) is 0.842. The number of aliphatic carboxylic acids is 1. The normalized spacial score (nSPS) is 29.6. The van der Waals surface area contributed by atoms with Gasteiger partial charge < -0.3 is 14.7 Å². The first-order valence-corrected chi connectivity index (χ1v) is 6.43. The van der Waals surface area contributed by atoms with E-state index in [4.69, 9.17) is 4.74 Å². The number of carboxylic acid groups (broad SMARTS) is 1. The monoisotopic (exact) mass is 265 g/mol. The Bertz CT molecular complexity index is 519. The Morgan fingerprint density at radius 3 is 3.05 bits per heavy atom. The van der Waals surface area contributed by atoms with E-state index < -0.39 is 11.9 Å². The van der Waals surface area contributed by atoms with E-state index in [9.17, 15) is 14.3 Å². The summed E-state index contributed by atoms with van der Waals surface area (Å²) in [6.07, 6.45) is 0.735. The smallest absolute Gasteiger partial charge is 0.311 e. The van der Waals surface area contributed by atoms with Crippen molar-refractivity contribution in [3.63, 3.8) is 0 Å². The molecule has 0 radical (unpaired) electrons. The minimum atomic E-state index is -0.902. The van der Waals surface area contributed by atoms with Crippen molar-refractivity contribution in [3.05, 3.63) is 29.6 Å². The average Bonchev–Trinajstić information content (AvgIpc) is 2.38. The van der Waals surface area contributed by atoms with Crippen molar-refractivity contribution in [1.29, 1.82) is 0 Å². The van der Waals surface area contributed by atoms with Gasteiger partial charge >= 0.3 is 5.97 Å². The van der Waals surface area contributed by atoms with Gasteiger partial charge in [-0.05, 0) is 18.1 Å². The minimum absolute atomic E-state index is 0.0271. The van der Waals surface area contributed by atoms with Crippen LogP contribution in [0.15, 0.2) is 18.2 Å². The van der Waals surface area contributed by atoms with E-state index in [0.29, 0.717) is 24.5 Å². The van der Waals surface area contributed by atoms with Gasteiger partial charge in [0.05, 0.1) is 18.2 Å². The fourth-order valence-electron chi connectivity index (χ4n) is 3.42. The summed E-state index contributed by atoms with van der Waals surface area (Å²) in [5.41, 5.74) is 0.986. The van der Waals surface area contributed by atoms with Gasteiger partial charge in [0.1, 0.15) is 5.82 Å². The molecular formula is C14H16FNO3. The lowest BCUT2D eigenvalue weighted by molar-refractivity contribution is -0.142. The molecule has 4 nitrogen and oxygen atoms in total. The molecular weight excluding hydrogens is 249 g/mol. The van der Waals surface area contributed by atoms with Crippen molar-refractivity contribution >= 4 is 11.7 Å². The van der Waals surface area contributed by atoms with Crippen molar-refractivity contribution in [3.8, 4) is 0 Å². The molecule has 1 aromatic rings. The van der Waals surface area contributed by atoms with E-state index in [0.717, 1.165) is 6.42 Å². The van der Waals surface area contributed by atoms with Crippen LogP contribution in [0.5, 0.6) is 0 Å². The molecule has 2 heterocycles. The molecule has 0 aliphatic carbocycles. The highest BCUT2D eigenvalue weighted by atomic mass is 19.1. The molecule has 0 bridgehead atoms. The Balaban J connectivity index is 2.16. The summed E-state index contributed by atoms with van der Waals surface area (Å²) in [5.74, 6) is -2.06. The summed E-state index contributed by atoms with van der Waals surface area (Å²) in [6.45, 7) is 1.02. The van der Waals surface area contributed by atoms with Crippen LogP contribution in [0.3, 0.4) is 0 Å². The SMILES string of the molecule is CN1c2c(F)cccc2C(C(=O)O)C2COCCC21. The van der Waals surface area contributed by atoms with E-state index in [1.54, 1.807) is 12.1 Å². The van der Waals surface area contributed by atoms with Gasteiger partial charge in [0.25, 0.3) is 0 Å². The predicted molar refractivity (Wildman–Crippen MR) is 67.9 cm³/mol. The Morgan fingerprint density at radius 2 is 2.32 bits per heavy atom. The van der Waals surface area contributed by atoms with Crippen molar-refractivity contribution < 1.29 is 19.0 Å². The number of para-hydroxylation sites is 1. The summed E-state index contributed by atoms with van der Waals surface area (Å²) < 4.78 is 19.5. The summed E-state index contributed by atoms with van der Waals surface area (Å²) >= 11 is 0. The van der Waals surface area contributed by atoms with E-state index in [-0.39, 0.29) is 17.8 Å². The standard InChI is InChI=1S/C14H16FNO3/c1-16-11-5-6-19-7-9(11)12(14(17)18)8-3-2-4-10(15)13(8)16/h2-4,9,11-12H,5-7H2,1H3,(H,17,18). The number of halogens is 1. The maximum Gasteiger partial charge on any atom is 0.311 e. The third kappa shape index (κ3) is 1.80.